The molecule has 0 saturated carbocycles. The molecule has 0 bridgehead atoms. The monoisotopic (exact) mass is 148 g/mol. The lowest BCUT2D eigenvalue weighted by atomic mass is 10.1. The van der Waals surface area contributed by atoms with E-state index in [1.54, 1.807) is 0 Å². The first-order valence-corrected chi connectivity index (χ1v) is 3.62. The van der Waals surface area contributed by atoms with Crippen molar-refractivity contribution in [2.45, 2.75) is 20.8 Å². The van der Waals surface area contributed by atoms with Gasteiger partial charge >= 0.3 is 0 Å². The Hall–Kier alpha value is -1.23. The fourth-order valence-corrected chi connectivity index (χ4v) is 1.29. The molecule has 2 nitrogen and oxygen atoms in total. The first-order valence-electron chi connectivity index (χ1n) is 3.62. The van der Waals surface area contributed by atoms with Gasteiger partial charge in [-0.2, -0.15) is 5.26 Å². The van der Waals surface area contributed by atoms with Crippen molar-refractivity contribution in [1.82, 2.24) is 4.57 Å². The Kier molecular flexibility index (Phi) is 1.74. The predicted molar refractivity (Wildman–Crippen MR) is 44.3 cm³/mol. The number of hydrogen-bond acceptors (Lipinski definition) is 1. The minimum Gasteiger partial charge on any atom is -0.351 e. The van der Waals surface area contributed by atoms with E-state index in [4.69, 9.17) is 5.26 Å². The molecule has 1 heterocycles. The van der Waals surface area contributed by atoms with Gasteiger partial charge in [-0.1, -0.05) is 0 Å². The van der Waals surface area contributed by atoms with Crippen LogP contribution in [0.15, 0.2) is 0 Å². The molecule has 0 spiro atoms. The molecule has 0 atom stereocenters. The summed E-state index contributed by atoms with van der Waals surface area (Å²) in [7, 11) is 1.98. The van der Waals surface area contributed by atoms with Crippen LogP contribution in [0.5, 0.6) is 0 Å². The van der Waals surface area contributed by atoms with Crippen LogP contribution < -0.4 is 0 Å². The summed E-state index contributed by atoms with van der Waals surface area (Å²) in [5.74, 6) is 0. The zero-order valence-electron chi connectivity index (χ0n) is 7.39. The molecular weight excluding hydrogens is 136 g/mol. The van der Waals surface area contributed by atoms with Crippen LogP contribution >= 0.6 is 0 Å². The van der Waals surface area contributed by atoms with E-state index < -0.39 is 0 Å². The number of nitriles is 1. The van der Waals surface area contributed by atoms with Gasteiger partial charge in [0.2, 0.25) is 0 Å². The highest BCUT2D eigenvalue weighted by atomic mass is 15.0. The van der Waals surface area contributed by atoms with Crippen molar-refractivity contribution in [3.8, 4) is 6.07 Å². The SMILES string of the molecule is Cc1c(C#N)c(C)n(C)c1C. The average Bonchev–Trinajstić information content (AvgIpc) is 2.17. The summed E-state index contributed by atoms with van der Waals surface area (Å²) < 4.78 is 2.05. The molecule has 0 aromatic carbocycles. The second kappa shape index (κ2) is 2.43. The van der Waals surface area contributed by atoms with Crippen molar-refractivity contribution >= 4 is 0 Å². The third kappa shape index (κ3) is 0.932. The third-order valence-electron chi connectivity index (χ3n) is 2.40. The standard InChI is InChI=1S/C9H12N2/c1-6-7(2)11(4)8(3)9(6)5-10/h1-4H3. The van der Waals surface area contributed by atoms with Crippen molar-refractivity contribution in [2.75, 3.05) is 0 Å². The predicted octanol–water partition coefficient (Wildman–Crippen LogP) is 1.82. The molecule has 1 aromatic rings. The van der Waals surface area contributed by atoms with Gasteiger partial charge in [0.1, 0.15) is 6.07 Å². The van der Waals surface area contributed by atoms with Crippen molar-refractivity contribution < 1.29 is 0 Å². The molecular formula is C9H12N2. The van der Waals surface area contributed by atoms with Crippen LogP contribution in [0.1, 0.15) is 22.5 Å². The van der Waals surface area contributed by atoms with Gasteiger partial charge in [0.25, 0.3) is 0 Å². The van der Waals surface area contributed by atoms with E-state index in [-0.39, 0.29) is 0 Å². The van der Waals surface area contributed by atoms with Crippen LogP contribution in [-0.2, 0) is 7.05 Å². The zero-order valence-corrected chi connectivity index (χ0v) is 7.39. The van der Waals surface area contributed by atoms with Crippen LogP contribution in [-0.4, -0.2) is 4.57 Å². The smallest absolute Gasteiger partial charge is 0.101 e. The lowest BCUT2D eigenvalue weighted by Crippen LogP contribution is -1.93. The molecule has 0 saturated heterocycles. The third-order valence-corrected chi connectivity index (χ3v) is 2.40. The highest BCUT2D eigenvalue weighted by Gasteiger charge is 2.10. The van der Waals surface area contributed by atoms with E-state index in [2.05, 4.69) is 6.07 Å². The zero-order chi connectivity index (χ0) is 8.59. The molecule has 0 aliphatic rings. The maximum Gasteiger partial charge on any atom is 0.101 e. The summed E-state index contributed by atoms with van der Waals surface area (Å²) in [5.41, 5.74) is 4.17. The van der Waals surface area contributed by atoms with E-state index in [0.29, 0.717) is 0 Å². The lowest BCUT2D eigenvalue weighted by Gasteiger charge is -1.97. The topological polar surface area (TPSA) is 28.7 Å². The summed E-state index contributed by atoms with van der Waals surface area (Å²) in [4.78, 5) is 0. The average molecular weight is 148 g/mol. The van der Waals surface area contributed by atoms with Gasteiger partial charge in [-0.25, -0.2) is 0 Å². The van der Waals surface area contributed by atoms with Crippen LogP contribution in [0.2, 0.25) is 0 Å². The summed E-state index contributed by atoms with van der Waals surface area (Å²) in [6.07, 6.45) is 0. The van der Waals surface area contributed by atoms with Crippen molar-refractivity contribution in [1.29, 1.82) is 5.26 Å². The summed E-state index contributed by atoms with van der Waals surface area (Å²) >= 11 is 0. The van der Waals surface area contributed by atoms with Gasteiger partial charge < -0.3 is 4.57 Å². The van der Waals surface area contributed by atoms with E-state index in [1.165, 1.54) is 5.69 Å². The van der Waals surface area contributed by atoms with Crippen LogP contribution in [0.3, 0.4) is 0 Å². The molecule has 11 heavy (non-hydrogen) atoms. The van der Waals surface area contributed by atoms with Gasteiger partial charge in [0.15, 0.2) is 0 Å². The number of rotatable bonds is 0. The van der Waals surface area contributed by atoms with E-state index in [0.717, 1.165) is 16.8 Å². The second-order valence-corrected chi connectivity index (χ2v) is 2.84. The van der Waals surface area contributed by atoms with Gasteiger partial charge in [-0.15, -0.1) is 0 Å². The number of hydrogen-bond donors (Lipinski definition) is 0. The fraction of sp³-hybridized carbons (Fsp3) is 0.444. The van der Waals surface area contributed by atoms with Crippen LogP contribution in [0, 0.1) is 32.1 Å². The minimum atomic E-state index is 0.824. The molecule has 58 valence electrons. The molecule has 0 unspecified atom stereocenters. The van der Waals surface area contributed by atoms with Gasteiger partial charge in [0.05, 0.1) is 5.56 Å². The second-order valence-electron chi connectivity index (χ2n) is 2.84. The summed E-state index contributed by atoms with van der Waals surface area (Å²) in [5, 5.41) is 8.77. The minimum absolute atomic E-state index is 0.824. The van der Waals surface area contributed by atoms with Crippen LogP contribution in [0.25, 0.3) is 0 Å². The highest BCUT2D eigenvalue weighted by molar-refractivity contribution is 5.44. The van der Waals surface area contributed by atoms with Gasteiger partial charge in [0, 0.05) is 18.4 Å². The Labute approximate surface area is 67.1 Å². The van der Waals surface area contributed by atoms with E-state index in [9.17, 15) is 0 Å². The Bertz CT molecular complexity index is 301. The quantitative estimate of drug-likeness (QED) is 0.551. The maximum absolute atomic E-state index is 8.77. The Morgan fingerprint density at radius 2 is 1.73 bits per heavy atom. The van der Waals surface area contributed by atoms with E-state index >= 15 is 0 Å². The largest absolute Gasteiger partial charge is 0.351 e. The molecule has 0 radical (unpaired) electrons. The fourth-order valence-electron chi connectivity index (χ4n) is 1.29. The highest BCUT2D eigenvalue weighted by Crippen LogP contribution is 2.18. The Morgan fingerprint density at radius 1 is 1.18 bits per heavy atom. The van der Waals surface area contributed by atoms with Crippen molar-refractivity contribution in [3.63, 3.8) is 0 Å². The summed E-state index contributed by atoms with van der Waals surface area (Å²) in [6, 6.07) is 2.20. The van der Waals surface area contributed by atoms with E-state index in [1.807, 2.05) is 32.4 Å². The van der Waals surface area contributed by atoms with Crippen molar-refractivity contribution in [3.05, 3.63) is 22.5 Å². The molecule has 0 aliphatic carbocycles. The van der Waals surface area contributed by atoms with Gasteiger partial charge in [-0.3, -0.25) is 0 Å². The molecule has 1 rings (SSSR count). The number of nitrogens with zero attached hydrogens (tertiary/aromatic N) is 2. The van der Waals surface area contributed by atoms with Crippen LogP contribution in [0.4, 0.5) is 0 Å². The molecule has 0 aliphatic heterocycles. The molecule has 2 heteroatoms. The first kappa shape index (κ1) is 7.87. The molecule has 1 aromatic heterocycles. The number of aromatic nitrogens is 1. The maximum atomic E-state index is 8.77. The first-order chi connectivity index (χ1) is 5.09. The Balaban J connectivity index is 3.51. The summed E-state index contributed by atoms with van der Waals surface area (Å²) in [6.45, 7) is 5.99. The molecule has 0 N–H and O–H groups in total. The Morgan fingerprint density at radius 3 is 1.91 bits per heavy atom. The molecule has 0 fully saturated rings. The normalized spacial score (nSPS) is 9.73. The molecule has 0 amide bonds. The lowest BCUT2D eigenvalue weighted by molar-refractivity contribution is 0.839. The van der Waals surface area contributed by atoms with Gasteiger partial charge in [-0.05, 0) is 26.3 Å². The van der Waals surface area contributed by atoms with Crippen molar-refractivity contribution in [2.24, 2.45) is 7.05 Å².